The number of para-hydroxylation sites is 1. The van der Waals surface area contributed by atoms with Crippen molar-refractivity contribution in [1.29, 1.82) is 0 Å². The second-order valence-corrected chi connectivity index (χ2v) is 7.83. The molecule has 6 heteroatoms. The second-order valence-electron chi connectivity index (χ2n) is 7.83. The summed E-state index contributed by atoms with van der Waals surface area (Å²) in [4.78, 5) is 15.0. The predicted molar refractivity (Wildman–Crippen MR) is 114 cm³/mol. The molecule has 1 aliphatic heterocycles. The number of hydrogen-bond acceptors (Lipinski definition) is 3. The number of ether oxygens (including phenoxy) is 1. The Bertz CT molecular complexity index is 803. The SMILES string of the molecule is Cl.O=C(c1ccccc1OCc1ccc(F)cc1)N1CCC(NCC2CC2)CC1. The molecule has 4 rings (SSSR count). The maximum absolute atomic E-state index is 13.0. The van der Waals surface area contributed by atoms with E-state index in [-0.39, 0.29) is 24.1 Å². The Balaban J connectivity index is 0.00000240. The molecule has 1 saturated carbocycles. The molecule has 1 heterocycles. The average Bonchev–Trinajstić information content (AvgIpc) is 3.56. The number of amides is 1. The van der Waals surface area contributed by atoms with Crippen molar-refractivity contribution in [3.05, 3.63) is 65.5 Å². The first-order valence-corrected chi connectivity index (χ1v) is 10.2. The number of hydrogen-bond donors (Lipinski definition) is 1. The van der Waals surface area contributed by atoms with Crippen LogP contribution in [-0.2, 0) is 6.61 Å². The number of rotatable bonds is 7. The highest BCUT2D eigenvalue weighted by molar-refractivity contribution is 5.97. The Morgan fingerprint density at radius 2 is 1.72 bits per heavy atom. The summed E-state index contributed by atoms with van der Waals surface area (Å²) in [5, 5.41) is 3.65. The van der Waals surface area contributed by atoms with E-state index in [0.717, 1.165) is 44.0 Å². The highest BCUT2D eigenvalue weighted by Crippen LogP contribution is 2.28. The lowest BCUT2D eigenvalue weighted by molar-refractivity contribution is 0.0700. The summed E-state index contributed by atoms with van der Waals surface area (Å²) < 4.78 is 18.9. The molecule has 2 fully saturated rings. The Morgan fingerprint density at radius 3 is 2.41 bits per heavy atom. The lowest BCUT2D eigenvalue weighted by Crippen LogP contribution is -2.45. The smallest absolute Gasteiger partial charge is 0.257 e. The second kappa shape index (κ2) is 10.1. The van der Waals surface area contributed by atoms with Crippen molar-refractivity contribution in [2.75, 3.05) is 19.6 Å². The number of likely N-dealkylation sites (tertiary alicyclic amines) is 1. The van der Waals surface area contributed by atoms with Crippen molar-refractivity contribution in [3.8, 4) is 5.75 Å². The number of nitrogens with one attached hydrogen (secondary N) is 1. The van der Waals surface area contributed by atoms with Crippen LogP contribution in [0, 0.1) is 11.7 Å². The Kier molecular flexibility index (Phi) is 7.51. The first kappa shape index (κ1) is 21.6. The van der Waals surface area contributed by atoms with Crippen molar-refractivity contribution in [3.63, 3.8) is 0 Å². The third-order valence-corrected chi connectivity index (χ3v) is 5.60. The molecule has 4 nitrogen and oxygen atoms in total. The van der Waals surface area contributed by atoms with Gasteiger partial charge in [-0.15, -0.1) is 12.4 Å². The molecule has 0 aromatic heterocycles. The van der Waals surface area contributed by atoms with Crippen LogP contribution in [0.15, 0.2) is 48.5 Å². The van der Waals surface area contributed by atoms with Gasteiger partial charge in [0.15, 0.2) is 0 Å². The van der Waals surface area contributed by atoms with Gasteiger partial charge in [0.1, 0.15) is 18.2 Å². The third-order valence-electron chi connectivity index (χ3n) is 5.60. The van der Waals surface area contributed by atoms with Gasteiger partial charge in [-0.25, -0.2) is 4.39 Å². The van der Waals surface area contributed by atoms with Crippen molar-refractivity contribution < 1.29 is 13.9 Å². The van der Waals surface area contributed by atoms with Crippen LogP contribution >= 0.6 is 12.4 Å². The molecule has 1 N–H and O–H groups in total. The summed E-state index contributed by atoms with van der Waals surface area (Å²) in [6.07, 6.45) is 4.71. The van der Waals surface area contributed by atoms with E-state index in [1.165, 1.54) is 25.0 Å². The predicted octanol–water partition coefficient (Wildman–Crippen LogP) is 4.43. The topological polar surface area (TPSA) is 41.6 Å². The molecule has 1 aliphatic carbocycles. The number of benzene rings is 2. The minimum Gasteiger partial charge on any atom is -0.488 e. The summed E-state index contributed by atoms with van der Waals surface area (Å²) in [7, 11) is 0. The van der Waals surface area contributed by atoms with Gasteiger partial charge in [-0.1, -0.05) is 24.3 Å². The van der Waals surface area contributed by atoms with E-state index in [0.29, 0.717) is 24.0 Å². The first-order valence-electron chi connectivity index (χ1n) is 10.2. The van der Waals surface area contributed by atoms with Gasteiger partial charge in [-0.05, 0) is 68.0 Å². The molecular weight excluding hydrogens is 391 g/mol. The van der Waals surface area contributed by atoms with E-state index in [2.05, 4.69) is 5.32 Å². The molecule has 156 valence electrons. The van der Waals surface area contributed by atoms with E-state index in [4.69, 9.17) is 4.74 Å². The third kappa shape index (κ3) is 5.94. The Hall–Kier alpha value is -2.11. The maximum atomic E-state index is 13.0. The normalized spacial score (nSPS) is 16.9. The van der Waals surface area contributed by atoms with E-state index in [1.54, 1.807) is 12.1 Å². The fourth-order valence-electron chi connectivity index (χ4n) is 3.62. The number of carbonyl (C=O) groups excluding carboxylic acids is 1. The average molecular weight is 419 g/mol. The first-order chi connectivity index (χ1) is 13.7. The van der Waals surface area contributed by atoms with Crippen LogP contribution in [-0.4, -0.2) is 36.5 Å². The molecule has 0 bridgehead atoms. The summed E-state index contributed by atoms with van der Waals surface area (Å²) in [5.74, 6) is 1.21. The van der Waals surface area contributed by atoms with Crippen LogP contribution in [0.1, 0.15) is 41.6 Å². The van der Waals surface area contributed by atoms with Crippen LogP contribution in [0.5, 0.6) is 5.75 Å². The zero-order valence-electron chi connectivity index (χ0n) is 16.5. The van der Waals surface area contributed by atoms with Crippen molar-refractivity contribution >= 4 is 18.3 Å². The molecule has 0 atom stereocenters. The number of halogens is 2. The Labute approximate surface area is 177 Å². The maximum Gasteiger partial charge on any atom is 0.257 e. The van der Waals surface area contributed by atoms with Gasteiger partial charge < -0.3 is 15.0 Å². The van der Waals surface area contributed by atoms with Gasteiger partial charge in [0, 0.05) is 19.1 Å². The molecule has 2 aliphatic rings. The number of carbonyl (C=O) groups is 1. The van der Waals surface area contributed by atoms with Gasteiger partial charge in [0.2, 0.25) is 0 Å². The Morgan fingerprint density at radius 1 is 1.03 bits per heavy atom. The van der Waals surface area contributed by atoms with Crippen LogP contribution in [0.25, 0.3) is 0 Å². The van der Waals surface area contributed by atoms with Crippen molar-refractivity contribution in [2.24, 2.45) is 5.92 Å². The highest BCUT2D eigenvalue weighted by atomic mass is 35.5. The van der Waals surface area contributed by atoms with Gasteiger partial charge in [-0.2, -0.15) is 0 Å². The van der Waals surface area contributed by atoms with Gasteiger partial charge >= 0.3 is 0 Å². The summed E-state index contributed by atoms with van der Waals surface area (Å²) in [6.45, 7) is 2.97. The van der Waals surface area contributed by atoms with E-state index < -0.39 is 0 Å². The van der Waals surface area contributed by atoms with Gasteiger partial charge in [0.25, 0.3) is 5.91 Å². The van der Waals surface area contributed by atoms with Crippen LogP contribution < -0.4 is 10.1 Å². The van der Waals surface area contributed by atoms with E-state index >= 15 is 0 Å². The van der Waals surface area contributed by atoms with Gasteiger partial charge in [-0.3, -0.25) is 4.79 Å². The largest absolute Gasteiger partial charge is 0.488 e. The summed E-state index contributed by atoms with van der Waals surface area (Å²) in [6, 6.07) is 14.1. The number of piperidine rings is 1. The lowest BCUT2D eigenvalue weighted by Gasteiger charge is -2.33. The molecule has 2 aromatic carbocycles. The van der Waals surface area contributed by atoms with Gasteiger partial charge in [0.05, 0.1) is 5.56 Å². The van der Waals surface area contributed by atoms with E-state index in [1.807, 2.05) is 29.2 Å². The zero-order chi connectivity index (χ0) is 19.3. The number of nitrogens with zero attached hydrogens (tertiary/aromatic N) is 1. The fraction of sp³-hybridized carbons (Fsp3) is 0.435. The highest BCUT2D eigenvalue weighted by Gasteiger charge is 2.27. The quantitative estimate of drug-likeness (QED) is 0.723. The molecule has 29 heavy (non-hydrogen) atoms. The molecule has 1 saturated heterocycles. The summed E-state index contributed by atoms with van der Waals surface area (Å²) >= 11 is 0. The van der Waals surface area contributed by atoms with Crippen LogP contribution in [0.2, 0.25) is 0 Å². The van der Waals surface area contributed by atoms with E-state index in [9.17, 15) is 9.18 Å². The molecular formula is C23H28ClFN2O2. The fourth-order valence-corrected chi connectivity index (χ4v) is 3.62. The molecule has 0 radical (unpaired) electrons. The minimum atomic E-state index is -0.269. The summed E-state index contributed by atoms with van der Waals surface area (Å²) in [5.41, 5.74) is 1.46. The molecule has 1 amide bonds. The minimum absolute atomic E-state index is 0. The molecule has 0 unspecified atom stereocenters. The van der Waals surface area contributed by atoms with Crippen molar-refractivity contribution in [2.45, 2.75) is 38.3 Å². The van der Waals surface area contributed by atoms with Crippen LogP contribution in [0.3, 0.4) is 0 Å². The van der Waals surface area contributed by atoms with Crippen LogP contribution in [0.4, 0.5) is 4.39 Å². The zero-order valence-corrected chi connectivity index (χ0v) is 17.3. The van der Waals surface area contributed by atoms with Crippen molar-refractivity contribution in [1.82, 2.24) is 10.2 Å². The molecule has 2 aromatic rings. The molecule has 0 spiro atoms. The standard InChI is InChI=1S/C23H27FN2O2.ClH/c24-19-9-7-18(8-10-19)16-28-22-4-2-1-3-21(22)23(27)26-13-11-20(12-14-26)25-15-17-5-6-17;/h1-4,7-10,17,20,25H,5-6,11-16H2;1H. The lowest BCUT2D eigenvalue weighted by atomic mass is 10.0. The monoisotopic (exact) mass is 418 g/mol.